The molecule has 0 amide bonds. The van der Waals surface area contributed by atoms with Crippen molar-refractivity contribution in [3.63, 3.8) is 0 Å². The normalized spacial score (nSPS) is 18.1. The van der Waals surface area contributed by atoms with Gasteiger partial charge in [-0.25, -0.2) is 4.98 Å². The van der Waals surface area contributed by atoms with Crippen molar-refractivity contribution < 1.29 is 9.84 Å². The lowest BCUT2D eigenvalue weighted by atomic mass is 9.89. The minimum Gasteiger partial charge on any atom is -0.395 e. The number of halogens is 1. The number of hydrogen-bond acceptors (Lipinski definition) is 7. The van der Waals surface area contributed by atoms with E-state index in [4.69, 9.17) is 9.72 Å². The molecule has 2 aliphatic rings. The van der Waals surface area contributed by atoms with Gasteiger partial charge in [0.15, 0.2) is 0 Å². The van der Waals surface area contributed by atoms with E-state index >= 15 is 0 Å². The van der Waals surface area contributed by atoms with Crippen molar-refractivity contribution >= 4 is 33.5 Å². The van der Waals surface area contributed by atoms with E-state index in [2.05, 4.69) is 63.8 Å². The molecular formula is C25H31BrN4O2S. The Balaban J connectivity index is 1.61. The van der Waals surface area contributed by atoms with Crippen LogP contribution in [0, 0.1) is 11.3 Å². The summed E-state index contributed by atoms with van der Waals surface area (Å²) in [7, 11) is 0. The molecule has 1 aromatic carbocycles. The molecule has 0 bridgehead atoms. The fourth-order valence-electron chi connectivity index (χ4n) is 4.49. The number of piperazine rings is 1. The van der Waals surface area contributed by atoms with Crippen LogP contribution in [0.15, 0.2) is 33.8 Å². The number of benzene rings is 1. The molecule has 3 heterocycles. The van der Waals surface area contributed by atoms with E-state index < -0.39 is 0 Å². The fraction of sp³-hybridized carbons (Fsp3) is 0.520. The number of thioether (sulfide) groups is 1. The van der Waals surface area contributed by atoms with Gasteiger partial charge in [0.25, 0.3) is 0 Å². The van der Waals surface area contributed by atoms with E-state index in [1.807, 2.05) is 6.07 Å². The lowest BCUT2D eigenvalue weighted by Gasteiger charge is -2.39. The van der Waals surface area contributed by atoms with Crippen molar-refractivity contribution in [2.45, 2.75) is 43.9 Å². The highest BCUT2D eigenvalue weighted by molar-refractivity contribution is 9.10. The number of aromatic nitrogens is 1. The zero-order valence-electron chi connectivity index (χ0n) is 19.3. The summed E-state index contributed by atoms with van der Waals surface area (Å²) in [6, 6.07) is 10.8. The number of anilines is 1. The lowest BCUT2D eigenvalue weighted by molar-refractivity contribution is -0.0402. The number of β-amino-alcohol motifs (C(OH)–C–C–N with tert-alkyl or cyclic N) is 1. The second-order valence-electron chi connectivity index (χ2n) is 9.19. The number of nitrogens with zero attached hydrogens (tertiary/aromatic N) is 4. The molecule has 1 saturated heterocycles. The van der Waals surface area contributed by atoms with Crippen LogP contribution in [0.5, 0.6) is 0 Å². The Morgan fingerprint density at radius 1 is 1.24 bits per heavy atom. The van der Waals surface area contributed by atoms with Gasteiger partial charge in [-0.3, -0.25) is 4.90 Å². The molecular weight excluding hydrogens is 500 g/mol. The molecule has 1 N–H and O–H groups in total. The number of aryl methyl sites for hydroxylation is 1. The van der Waals surface area contributed by atoms with Crippen LogP contribution in [0.1, 0.15) is 36.1 Å². The molecule has 0 unspecified atom stereocenters. The van der Waals surface area contributed by atoms with Gasteiger partial charge < -0.3 is 14.7 Å². The molecule has 33 heavy (non-hydrogen) atoms. The van der Waals surface area contributed by atoms with Gasteiger partial charge in [0.1, 0.15) is 16.9 Å². The summed E-state index contributed by atoms with van der Waals surface area (Å²) in [6.45, 7) is 9.07. The maximum atomic E-state index is 10.1. The van der Waals surface area contributed by atoms with E-state index in [1.54, 1.807) is 11.8 Å². The van der Waals surface area contributed by atoms with Gasteiger partial charge in [0.05, 0.1) is 24.4 Å². The Bertz CT molecular complexity index is 1030. The third-order valence-corrected chi connectivity index (χ3v) is 7.76. The molecule has 0 aliphatic carbocycles. The predicted molar refractivity (Wildman–Crippen MR) is 136 cm³/mol. The predicted octanol–water partition coefficient (Wildman–Crippen LogP) is 4.02. The quantitative estimate of drug-likeness (QED) is 0.542. The van der Waals surface area contributed by atoms with Crippen molar-refractivity contribution in [3.8, 4) is 6.07 Å². The molecule has 1 fully saturated rings. The number of hydrogen-bond donors (Lipinski definition) is 1. The average molecular weight is 532 g/mol. The van der Waals surface area contributed by atoms with Gasteiger partial charge in [-0.05, 0) is 43.5 Å². The summed E-state index contributed by atoms with van der Waals surface area (Å²) >= 11 is 5.22. The van der Waals surface area contributed by atoms with Crippen molar-refractivity contribution in [3.05, 3.63) is 51.0 Å². The highest BCUT2D eigenvalue weighted by atomic mass is 79.9. The molecule has 4 rings (SSSR count). The average Bonchev–Trinajstić information content (AvgIpc) is 2.79. The number of aliphatic hydroxyl groups excluding tert-OH is 1. The van der Waals surface area contributed by atoms with Gasteiger partial charge in [0.2, 0.25) is 0 Å². The van der Waals surface area contributed by atoms with Crippen molar-refractivity contribution in [2.75, 3.05) is 50.0 Å². The number of pyridine rings is 1. The highest BCUT2D eigenvalue weighted by Gasteiger charge is 2.33. The van der Waals surface area contributed by atoms with Crippen LogP contribution < -0.4 is 4.90 Å². The molecule has 0 saturated carbocycles. The summed E-state index contributed by atoms with van der Waals surface area (Å²) < 4.78 is 7.22. The van der Waals surface area contributed by atoms with Crippen LogP contribution in [-0.4, -0.2) is 65.7 Å². The maximum Gasteiger partial charge on any atom is 0.135 e. The minimum atomic E-state index is -0.296. The number of aliphatic hydroxyl groups is 1. The Kier molecular flexibility index (Phi) is 7.98. The molecule has 6 nitrogen and oxygen atoms in total. The Labute approximate surface area is 209 Å². The second kappa shape index (κ2) is 10.7. The number of fused-ring (bicyclic) bond motifs is 1. The molecule has 0 spiro atoms. The van der Waals surface area contributed by atoms with Gasteiger partial charge in [-0.2, -0.15) is 5.26 Å². The zero-order chi connectivity index (χ0) is 23.4. The van der Waals surface area contributed by atoms with Gasteiger partial charge >= 0.3 is 0 Å². The zero-order valence-corrected chi connectivity index (χ0v) is 21.7. The van der Waals surface area contributed by atoms with E-state index in [1.165, 1.54) is 5.56 Å². The van der Waals surface area contributed by atoms with E-state index in [0.717, 1.165) is 64.8 Å². The van der Waals surface area contributed by atoms with Crippen molar-refractivity contribution in [1.29, 1.82) is 5.26 Å². The molecule has 2 aromatic rings. The van der Waals surface area contributed by atoms with E-state index in [-0.39, 0.29) is 12.2 Å². The third kappa shape index (κ3) is 5.90. The summed E-state index contributed by atoms with van der Waals surface area (Å²) in [5, 5.41) is 20.2. The molecule has 8 heteroatoms. The third-order valence-electron chi connectivity index (χ3n) is 6.29. The smallest absolute Gasteiger partial charge is 0.135 e. The summed E-state index contributed by atoms with van der Waals surface area (Å²) in [5.41, 5.74) is 3.85. The van der Waals surface area contributed by atoms with E-state index in [0.29, 0.717) is 25.1 Å². The van der Waals surface area contributed by atoms with Crippen LogP contribution in [0.3, 0.4) is 0 Å². The molecule has 0 radical (unpaired) electrons. The highest BCUT2D eigenvalue weighted by Crippen LogP contribution is 2.39. The van der Waals surface area contributed by atoms with Crippen molar-refractivity contribution in [2.24, 2.45) is 0 Å². The number of nitriles is 1. The second-order valence-corrected chi connectivity index (χ2v) is 11.2. The van der Waals surface area contributed by atoms with Crippen LogP contribution >= 0.6 is 27.7 Å². The molecule has 176 valence electrons. The topological polar surface area (TPSA) is 72.6 Å². The molecule has 2 aliphatic heterocycles. The monoisotopic (exact) mass is 530 g/mol. The summed E-state index contributed by atoms with van der Waals surface area (Å²) in [6.07, 6.45) is 1.63. The maximum absolute atomic E-state index is 10.1. The minimum absolute atomic E-state index is 0.187. The van der Waals surface area contributed by atoms with Crippen LogP contribution in [-0.2, 0) is 24.2 Å². The van der Waals surface area contributed by atoms with Crippen LogP contribution in [0.25, 0.3) is 0 Å². The summed E-state index contributed by atoms with van der Waals surface area (Å²) in [5.74, 6) is 1.83. The van der Waals surface area contributed by atoms with Gasteiger partial charge in [-0.15, -0.1) is 11.8 Å². The van der Waals surface area contributed by atoms with Crippen molar-refractivity contribution in [1.82, 2.24) is 9.88 Å². The Hall–Kier alpha value is -1.63. The first-order valence-corrected chi connectivity index (χ1v) is 13.2. The first-order chi connectivity index (χ1) is 15.9. The standard InChI is InChI=1S/C25H31BrN4O2S/c1-25(2)15-20-21(16-27)24(33-13-6-18-4-3-5-19(26)14-18)28-23(22(20)17-32-25)30-9-7-29(8-10-30)11-12-31/h3-5,14,31H,6-13,15,17H2,1-2H3. The van der Waals surface area contributed by atoms with Gasteiger partial charge in [0, 0.05) is 54.9 Å². The fourth-order valence-corrected chi connectivity index (χ4v) is 5.93. The Morgan fingerprint density at radius 3 is 2.73 bits per heavy atom. The van der Waals surface area contributed by atoms with Gasteiger partial charge in [-0.1, -0.05) is 28.1 Å². The number of ether oxygens (including phenoxy) is 1. The molecule has 0 atom stereocenters. The first kappa shape index (κ1) is 24.5. The van der Waals surface area contributed by atoms with Crippen LogP contribution in [0.2, 0.25) is 0 Å². The number of rotatable bonds is 7. The summed E-state index contributed by atoms with van der Waals surface area (Å²) in [4.78, 5) is 9.66. The largest absolute Gasteiger partial charge is 0.395 e. The first-order valence-electron chi connectivity index (χ1n) is 11.5. The molecule has 1 aromatic heterocycles. The Morgan fingerprint density at radius 2 is 2.03 bits per heavy atom. The lowest BCUT2D eigenvalue weighted by Crippen LogP contribution is -2.48. The SMILES string of the molecule is CC1(C)Cc2c(C#N)c(SCCc3cccc(Br)c3)nc(N3CCN(CCO)CC3)c2CO1. The van der Waals surface area contributed by atoms with E-state index in [9.17, 15) is 10.4 Å². The van der Waals surface area contributed by atoms with Crippen LogP contribution in [0.4, 0.5) is 5.82 Å².